The number of thioether (sulfide) groups is 1. The average Bonchev–Trinajstić information content (AvgIpc) is 3.23. The van der Waals surface area contributed by atoms with Crippen molar-refractivity contribution >= 4 is 17.7 Å². The summed E-state index contributed by atoms with van der Waals surface area (Å²) in [5.74, 6) is 0.0858. The van der Waals surface area contributed by atoms with Gasteiger partial charge in [0.05, 0.1) is 18.2 Å². The van der Waals surface area contributed by atoms with E-state index in [0.29, 0.717) is 5.75 Å². The lowest BCUT2D eigenvalue weighted by Gasteiger charge is -2.06. The lowest BCUT2D eigenvalue weighted by atomic mass is 10.2. The molecule has 0 atom stereocenters. The fourth-order valence-corrected chi connectivity index (χ4v) is 2.95. The number of furan rings is 1. The van der Waals surface area contributed by atoms with Crippen molar-refractivity contribution < 1.29 is 18.3 Å². The molecular weight excluding hydrogens is 331 g/mol. The monoisotopic (exact) mass is 346 g/mol. The number of esters is 1. The molecule has 0 N–H and O–H groups in total. The zero-order valence-electron chi connectivity index (χ0n) is 12.9. The molecule has 0 spiro atoms. The van der Waals surface area contributed by atoms with Crippen LogP contribution in [0.4, 0.5) is 4.39 Å². The molecule has 0 unspecified atom stereocenters. The number of halogens is 1. The second-order valence-corrected chi connectivity index (χ2v) is 6.00. The van der Waals surface area contributed by atoms with Crippen LogP contribution >= 0.6 is 11.8 Å². The second-order valence-electron chi connectivity index (χ2n) is 5.06. The van der Waals surface area contributed by atoms with E-state index in [1.807, 2.05) is 11.6 Å². The van der Waals surface area contributed by atoms with Gasteiger partial charge in [0.2, 0.25) is 5.76 Å². The highest BCUT2D eigenvalue weighted by Crippen LogP contribution is 2.22. The van der Waals surface area contributed by atoms with Crippen molar-refractivity contribution in [2.24, 2.45) is 7.05 Å². The largest absolute Gasteiger partial charge is 0.457 e. The zero-order valence-corrected chi connectivity index (χ0v) is 13.8. The molecule has 3 aromatic rings. The third-order valence-corrected chi connectivity index (χ3v) is 4.51. The van der Waals surface area contributed by atoms with E-state index in [1.54, 1.807) is 30.5 Å². The van der Waals surface area contributed by atoms with Crippen molar-refractivity contribution in [3.8, 4) is 0 Å². The van der Waals surface area contributed by atoms with Crippen LogP contribution in [-0.4, -0.2) is 15.5 Å². The number of imidazole rings is 1. The van der Waals surface area contributed by atoms with E-state index >= 15 is 0 Å². The van der Waals surface area contributed by atoms with Crippen LogP contribution in [0.1, 0.15) is 21.8 Å². The predicted octanol–water partition coefficient (Wildman–Crippen LogP) is 3.80. The topological polar surface area (TPSA) is 57.3 Å². The Morgan fingerprint density at radius 1 is 1.33 bits per heavy atom. The van der Waals surface area contributed by atoms with Gasteiger partial charge in [-0.3, -0.25) is 0 Å². The van der Waals surface area contributed by atoms with E-state index in [0.717, 1.165) is 16.4 Å². The van der Waals surface area contributed by atoms with Crippen molar-refractivity contribution in [2.45, 2.75) is 17.5 Å². The van der Waals surface area contributed by atoms with Gasteiger partial charge in [0.1, 0.15) is 12.4 Å². The van der Waals surface area contributed by atoms with Crippen LogP contribution in [0.5, 0.6) is 0 Å². The van der Waals surface area contributed by atoms with Crippen LogP contribution in [0, 0.1) is 5.82 Å². The molecule has 0 aliphatic heterocycles. The van der Waals surface area contributed by atoms with Crippen LogP contribution in [0.15, 0.2) is 58.4 Å². The van der Waals surface area contributed by atoms with Gasteiger partial charge >= 0.3 is 5.97 Å². The first-order valence-electron chi connectivity index (χ1n) is 7.22. The normalized spacial score (nSPS) is 10.8. The smallest absolute Gasteiger partial charge is 0.374 e. The molecule has 0 bridgehead atoms. The number of hydrogen-bond acceptors (Lipinski definition) is 5. The maximum absolute atomic E-state index is 12.9. The molecule has 0 fully saturated rings. The number of aromatic nitrogens is 2. The van der Waals surface area contributed by atoms with Gasteiger partial charge in [-0.15, -0.1) is 0 Å². The van der Waals surface area contributed by atoms with Crippen molar-refractivity contribution in [3.63, 3.8) is 0 Å². The van der Waals surface area contributed by atoms with Crippen LogP contribution in [0.3, 0.4) is 0 Å². The van der Waals surface area contributed by atoms with Crippen LogP contribution < -0.4 is 0 Å². The minimum atomic E-state index is -0.512. The molecule has 124 valence electrons. The lowest BCUT2D eigenvalue weighted by Crippen LogP contribution is -2.07. The first-order valence-corrected chi connectivity index (χ1v) is 8.20. The molecule has 0 saturated carbocycles. The molecule has 2 aromatic heterocycles. The maximum atomic E-state index is 12.9. The Bertz CT molecular complexity index is 813. The van der Waals surface area contributed by atoms with Gasteiger partial charge in [-0.1, -0.05) is 23.9 Å². The predicted molar refractivity (Wildman–Crippen MR) is 87.0 cm³/mol. The first-order chi connectivity index (χ1) is 11.6. The highest BCUT2D eigenvalue weighted by Gasteiger charge is 2.13. The summed E-state index contributed by atoms with van der Waals surface area (Å²) in [6, 6.07) is 9.55. The van der Waals surface area contributed by atoms with Crippen molar-refractivity contribution in [3.05, 3.63) is 71.7 Å². The van der Waals surface area contributed by atoms with Gasteiger partial charge in [0, 0.05) is 12.8 Å². The minimum Gasteiger partial charge on any atom is -0.457 e. The Morgan fingerprint density at radius 2 is 2.12 bits per heavy atom. The first kappa shape index (κ1) is 16.3. The molecule has 2 heterocycles. The molecular formula is C17H15FN2O3S. The molecule has 5 nitrogen and oxygen atoms in total. The fourth-order valence-electron chi connectivity index (χ4n) is 2.03. The van der Waals surface area contributed by atoms with Gasteiger partial charge in [0.15, 0.2) is 5.16 Å². The van der Waals surface area contributed by atoms with Crippen LogP contribution in [0.2, 0.25) is 0 Å². The lowest BCUT2D eigenvalue weighted by molar-refractivity contribution is 0.0427. The Kier molecular flexibility index (Phi) is 5.00. The molecule has 1 aromatic carbocycles. The molecule has 0 saturated heterocycles. The molecule has 24 heavy (non-hydrogen) atoms. The Balaban J connectivity index is 1.57. The number of nitrogens with zero attached hydrogens (tertiary/aromatic N) is 2. The van der Waals surface area contributed by atoms with Gasteiger partial charge in [-0.05, 0) is 29.8 Å². The standard InChI is InChI=1S/C17H15FN2O3S/c1-20-14(10-23-16(21)15-3-2-8-22-15)9-19-17(20)24-11-12-4-6-13(18)7-5-12/h2-9H,10-11H2,1H3. The molecule has 3 rings (SSSR count). The molecule has 0 amide bonds. The summed E-state index contributed by atoms with van der Waals surface area (Å²) in [4.78, 5) is 16.1. The molecule has 7 heteroatoms. The van der Waals surface area contributed by atoms with E-state index < -0.39 is 5.97 Å². The minimum absolute atomic E-state index is 0.111. The summed E-state index contributed by atoms with van der Waals surface area (Å²) >= 11 is 1.53. The fraction of sp³-hybridized carbons (Fsp3) is 0.176. The quantitative estimate of drug-likeness (QED) is 0.502. The van der Waals surface area contributed by atoms with Gasteiger partial charge in [0.25, 0.3) is 0 Å². The summed E-state index contributed by atoms with van der Waals surface area (Å²) in [5, 5.41) is 0.795. The number of carbonyl (C=O) groups excluding carboxylic acids is 1. The number of benzene rings is 1. The summed E-state index contributed by atoms with van der Waals surface area (Å²) in [6.45, 7) is 0.111. The highest BCUT2D eigenvalue weighted by molar-refractivity contribution is 7.98. The second kappa shape index (κ2) is 7.35. The van der Waals surface area contributed by atoms with E-state index in [9.17, 15) is 9.18 Å². The van der Waals surface area contributed by atoms with Gasteiger partial charge < -0.3 is 13.7 Å². The molecule has 0 radical (unpaired) electrons. The number of hydrogen-bond donors (Lipinski definition) is 0. The van der Waals surface area contributed by atoms with E-state index in [2.05, 4.69) is 4.98 Å². The van der Waals surface area contributed by atoms with Crippen molar-refractivity contribution in [2.75, 3.05) is 0 Å². The number of carbonyl (C=O) groups is 1. The summed E-state index contributed by atoms with van der Waals surface area (Å²) in [5.41, 5.74) is 1.78. The Hall–Kier alpha value is -2.54. The van der Waals surface area contributed by atoms with E-state index in [-0.39, 0.29) is 18.2 Å². The Labute approximate surface area is 142 Å². The molecule has 0 aliphatic carbocycles. The maximum Gasteiger partial charge on any atom is 0.374 e. The number of rotatable bonds is 6. The van der Waals surface area contributed by atoms with Crippen molar-refractivity contribution in [1.29, 1.82) is 0 Å². The summed E-state index contributed by atoms with van der Waals surface area (Å²) in [7, 11) is 1.86. The van der Waals surface area contributed by atoms with E-state index in [4.69, 9.17) is 9.15 Å². The summed E-state index contributed by atoms with van der Waals surface area (Å²) < 4.78 is 24.9. The van der Waals surface area contributed by atoms with Gasteiger partial charge in [-0.25, -0.2) is 14.2 Å². The summed E-state index contributed by atoms with van der Waals surface area (Å²) in [6.07, 6.45) is 3.09. The van der Waals surface area contributed by atoms with Gasteiger partial charge in [-0.2, -0.15) is 0 Å². The third kappa shape index (κ3) is 3.86. The average molecular weight is 346 g/mol. The van der Waals surface area contributed by atoms with Crippen LogP contribution in [0.25, 0.3) is 0 Å². The highest BCUT2D eigenvalue weighted by atomic mass is 32.2. The SMILES string of the molecule is Cn1c(COC(=O)c2ccco2)cnc1SCc1ccc(F)cc1. The zero-order chi connectivity index (χ0) is 16.9. The van der Waals surface area contributed by atoms with Crippen LogP contribution in [-0.2, 0) is 24.1 Å². The van der Waals surface area contributed by atoms with E-state index in [1.165, 1.54) is 30.2 Å². The third-order valence-electron chi connectivity index (χ3n) is 3.40. The Morgan fingerprint density at radius 3 is 2.83 bits per heavy atom. The van der Waals surface area contributed by atoms with Crippen molar-refractivity contribution in [1.82, 2.24) is 9.55 Å². The molecule has 0 aliphatic rings. The number of ether oxygens (including phenoxy) is 1.